The molecule has 8 heteroatoms. The van der Waals surface area contributed by atoms with Crippen molar-refractivity contribution in [1.82, 2.24) is 9.55 Å². The highest BCUT2D eigenvalue weighted by molar-refractivity contribution is 5.26. The van der Waals surface area contributed by atoms with Crippen LogP contribution in [-0.4, -0.2) is 21.1 Å². The normalized spacial score (nSPS) is 24.9. The predicted octanol–water partition coefficient (Wildman–Crippen LogP) is 0.0893. The standard InChI is InChI=1S/C8H10FN3O4/c9-4-3-12(8(13)11-7(4)10)5-1-2-6(15-5)16-14/h3,5-6,14H,1-2H2,(H2,10,11,13)/t5-,6-/m0/s1. The fourth-order valence-corrected chi connectivity index (χ4v) is 1.54. The zero-order valence-corrected chi connectivity index (χ0v) is 8.17. The molecule has 1 fully saturated rings. The third kappa shape index (κ3) is 1.90. The van der Waals surface area contributed by atoms with Gasteiger partial charge in [-0.2, -0.15) is 4.98 Å². The molecule has 0 spiro atoms. The van der Waals surface area contributed by atoms with Gasteiger partial charge in [-0.15, -0.1) is 0 Å². The Labute approximate surface area is 89.2 Å². The maximum absolute atomic E-state index is 13.1. The number of aromatic nitrogens is 2. The maximum atomic E-state index is 13.1. The third-order valence-electron chi connectivity index (χ3n) is 2.32. The molecule has 2 heterocycles. The van der Waals surface area contributed by atoms with Gasteiger partial charge in [0.1, 0.15) is 6.23 Å². The van der Waals surface area contributed by atoms with E-state index in [-0.39, 0.29) is 0 Å². The van der Waals surface area contributed by atoms with Gasteiger partial charge in [-0.05, 0) is 6.42 Å². The highest BCUT2D eigenvalue weighted by Gasteiger charge is 2.28. The van der Waals surface area contributed by atoms with Crippen molar-refractivity contribution < 1.29 is 19.3 Å². The second-order valence-corrected chi connectivity index (χ2v) is 3.37. The van der Waals surface area contributed by atoms with Gasteiger partial charge in [0.25, 0.3) is 0 Å². The summed E-state index contributed by atoms with van der Waals surface area (Å²) in [6.07, 6.45) is 0.231. The van der Waals surface area contributed by atoms with Gasteiger partial charge < -0.3 is 10.5 Å². The molecule has 2 rings (SSSR count). The van der Waals surface area contributed by atoms with E-state index in [1.165, 1.54) is 0 Å². The summed E-state index contributed by atoms with van der Waals surface area (Å²) >= 11 is 0. The van der Waals surface area contributed by atoms with E-state index >= 15 is 0 Å². The average molecular weight is 231 g/mol. The predicted molar refractivity (Wildman–Crippen MR) is 49.7 cm³/mol. The van der Waals surface area contributed by atoms with Gasteiger partial charge >= 0.3 is 5.69 Å². The first-order valence-electron chi connectivity index (χ1n) is 4.61. The molecule has 7 nitrogen and oxygen atoms in total. The smallest absolute Gasteiger partial charge is 0.351 e. The summed E-state index contributed by atoms with van der Waals surface area (Å²) in [5.74, 6) is -1.24. The molecular formula is C8H10FN3O4. The molecule has 16 heavy (non-hydrogen) atoms. The summed E-state index contributed by atoms with van der Waals surface area (Å²) in [4.78, 5) is 18.7. The lowest BCUT2D eigenvalue weighted by Crippen LogP contribution is -2.28. The number of anilines is 1. The van der Waals surface area contributed by atoms with Crippen LogP contribution in [0.25, 0.3) is 0 Å². The van der Waals surface area contributed by atoms with Crippen LogP contribution in [-0.2, 0) is 9.62 Å². The quantitative estimate of drug-likeness (QED) is 0.552. The molecule has 0 bridgehead atoms. The first-order chi connectivity index (χ1) is 7.61. The van der Waals surface area contributed by atoms with Gasteiger partial charge in [0.2, 0.25) is 0 Å². The van der Waals surface area contributed by atoms with Crippen molar-refractivity contribution in [3.8, 4) is 0 Å². The molecule has 1 saturated heterocycles. The van der Waals surface area contributed by atoms with Crippen LogP contribution in [0.1, 0.15) is 19.1 Å². The van der Waals surface area contributed by atoms with E-state index in [1.54, 1.807) is 0 Å². The van der Waals surface area contributed by atoms with Crippen molar-refractivity contribution in [1.29, 1.82) is 0 Å². The maximum Gasteiger partial charge on any atom is 0.351 e. The molecule has 0 amide bonds. The van der Waals surface area contributed by atoms with Crippen LogP contribution in [0.5, 0.6) is 0 Å². The molecule has 1 aliphatic heterocycles. The van der Waals surface area contributed by atoms with Crippen LogP contribution in [0.2, 0.25) is 0 Å². The summed E-state index contributed by atoms with van der Waals surface area (Å²) in [7, 11) is 0. The minimum atomic E-state index is -0.808. The molecule has 88 valence electrons. The topological polar surface area (TPSA) is 99.6 Å². The van der Waals surface area contributed by atoms with Gasteiger partial charge in [-0.1, -0.05) is 0 Å². The summed E-state index contributed by atoms with van der Waals surface area (Å²) < 4.78 is 19.2. The number of halogens is 1. The molecule has 3 N–H and O–H groups in total. The monoisotopic (exact) mass is 231 g/mol. The largest absolute Gasteiger partial charge is 0.381 e. The Morgan fingerprint density at radius 1 is 1.69 bits per heavy atom. The minimum Gasteiger partial charge on any atom is -0.381 e. The van der Waals surface area contributed by atoms with Crippen LogP contribution in [0.15, 0.2) is 11.0 Å². The Bertz CT molecular complexity index is 449. The fraction of sp³-hybridized carbons (Fsp3) is 0.500. The zero-order chi connectivity index (χ0) is 11.7. The highest BCUT2D eigenvalue weighted by Crippen LogP contribution is 2.27. The van der Waals surface area contributed by atoms with E-state index in [2.05, 4.69) is 9.87 Å². The average Bonchev–Trinajstić information content (AvgIpc) is 2.71. The SMILES string of the molecule is Nc1nc(=O)n([C@@H]2CC[C@H](OO)O2)cc1F. The van der Waals surface area contributed by atoms with E-state index in [1.807, 2.05) is 0 Å². The third-order valence-corrected chi connectivity index (χ3v) is 2.32. The molecule has 1 aromatic rings. The van der Waals surface area contributed by atoms with E-state index in [0.29, 0.717) is 12.8 Å². The Hall–Kier alpha value is -1.51. The molecule has 2 atom stereocenters. The number of hydrogen-bond acceptors (Lipinski definition) is 6. The summed E-state index contributed by atoms with van der Waals surface area (Å²) in [5, 5.41) is 8.38. The van der Waals surface area contributed by atoms with Crippen molar-refractivity contribution in [2.75, 3.05) is 5.73 Å². The van der Waals surface area contributed by atoms with E-state index < -0.39 is 29.8 Å². The number of nitrogen functional groups attached to an aromatic ring is 1. The van der Waals surface area contributed by atoms with Crippen LogP contribution >= 0.6 is 0 Å². The number of nitrogens with zero attached hydrogens (tertiary/aromatic N) is 2. The Kier molecular flexibility index (Phi) is 2.86. The highest BCUT2D eigenvalue weighted by atomic mass is 19.1. The Balaban J connectivity index is 2.28. The van der Waals surface area contributed by atoms with Crippen molar-refractivity contribution >= 4 is 5.82 Å². The molecule has 0 aromatic carbocycles. The fourth-order valence-electron chi connectivity index (χ4n) is 1.54. The lowest BCUT2D eigenvalue weighted by molar-refractivity contribution is -0.344. The van der Waals surface area contributed by atoms with Gasteiger partial charge in [-0.3, -0.25) is 4.57 Å². The zero-order valence-electron chi connectivity index (χ0n) is 8.17. The van der Waals surface area contributed by atoms with E-state index in [9.17, 15) is 9.18 Å². The molecular weight excluding hydrogens is 221 g/mol. The van der Waals surface area contributed by atoms with E-state index in [0.717, 1.165) is 10.8 Å². The van der Waals surface area contributed by atoms with Gasteiger partial charge in [0.05, 0.1) is 6.20 Å². The molecule has 0 saturated carbocycles. The van der Waals surface area contributed by atoms with Crippen molar-refractivity contribution in [2.45, 2.75) is 25.4 Å². The molecule has 1 aromatic heterocycles. The van der Waals surface area contributed by atoms with E-state index in [4.69, 9.17) is 15.7 Å². The van der Waals surface area contributed by atoms with Crippen LogP contribution in [0.4, 0.5) is 10.2 Å². The van der Waals surface area contributed by atoms with Gasteiger partial charge in [0, 0.05) is 6.42 Å². The second-order valence-electron chi connectivity index (χ2n) is 3.37. The number of nitrogens with two attached hydrogens (primary N) is 1. The lowest BCUT2D eigenvalue weighted by Gasteiger charge is -2.14. The van der Waals surface area contributed by atoms with Crippen LogP contribution < -0.4 is 11.4 Å². The summed E-state index contributed by atoms with van der Waals surface area (Å²) in [6, 6.07) is 0. The number of hydrogen-bond donors (Lipinski definition) is 2. The Morgan fingerprint density at radius 3 is 3.06 bits per heavy atom. The second kappa shape index (κ2) is 4.16. The molecule has 0 unspecified atom stereocenters. The number of rotatable bonds is 2. The summed E-state index contributed by atoms with van der Waals surface area (Å²) in [5.41, 5.74) is 4.43. The minimum absolute atomic E-state index is 0.402. The number of ether oxygens (including phenoxy) is 1. The Morgan fingerprint density at radius 2 is 2.44 bits per heavy atom. The van der Waals surface area contributed by atoms with Crippen molar-refractivity contribution in [3.05, 3.63) is 22.5 Å². The molecule has 1 aliphatic rings. The lowest BCUT2D eigenvalue weighted by atomic mass is 10.3. The van der Waals surface area contributed by atoms with Crippen LogP contribution in [0.3, 0.4) is 0 Å². The van der Waals surface area contributed by atoms with Crippen LogP contribution in [0, 0.1) is 5.82 Å². The van der Waals surface area contributed by atoms with Crippen molar-refractivity contribution in [3.63, 3.8) is 0 Å². The molecule has 0 radical (unpaired) electrons. The first kappa shape index (κ1) is 11.0. The summed E-state index contributed by atoms with van der Waals surface area (Å²) in [6.45, 7) is 0. The van der Waals surface area contributed by atoms with Gasteiger partial charge in [0.15, 0.2) is 17.9 Å². The molecule has 0 aliphatic carbocycles. The van der Waals surface area contributed by atoms with Gasteiger partial charge in [-0.25, -0.2) is 19.3 Å². The van der Waals surface area contributed by atoms with Crippen molar-refractivity contribution in [2.24, 2.45) is 0 Å². The first-order valence-corrected chi connectivity index (χ1v) is 4.61.